The molecule has 1 aromatic rings. The zero-order valence-corrected chi connectivity index (χ0v) is 10.5. The summed E-state index contributed by atoms with van der Waals surface area (Å²) in [4.78, 5) is 4.43. The Morgan fingerprint density at radius 1 is 1.24 bits per heavy atom. The molecule has 1 aromatic carbocycles. The predicted molar refractivity (Wildman–Crippen MR) is 73.7 cm³/mol. The molecule has 2 aliphatic rings. The van der Waals surface area contributed by atoms with Crippen LogP contribution in [0, 0.1) is 5.92 Å². The van der Waals surface area contributed by atoms with Gasteiger partial charge in [-0.15, -0.1) is 0 Å². The number of nitrogens with zero attached hydrogens (tertiary/aromatic N) is 1. The Morgan fingerprint density at radius 2 is 2.00 bits per heavy atom. The smallest absolute Gasteiger partial charge is 0.159 e. The molecule has 4 heteroatoms. The second-order valence-electron chi connectivity index (χ2n) is 4.63. The average molecular weight is 247 g/mol. The van der Waals surface area contributed by atoms with Crippen molar-refractivity contribution in [3.63, 3.8) is 0 Å². The van der Waals surface area contributed by atoms with Crippen molar-refractivity contribution >= 4 is 22.6 Å². The van der Waals surface area contributed by atoms with Crippen molar-refractivity contribution in [2.45, 2.75) is 18.1 Å². The number of fused-ring (bicyclic) bond motifs is 1. The molecule has 2 heterocycles. The number of nitrogens with one attached hydrogen (secondary N) is 1. The first-order chi connectivity index (χ1) is 8.34. The van der Waals surface area contributed by atoms with Gasteiger partial charge in [0.05, 0.1) is 5.69 Å². The lowest BCUT2D eigenvalue weighted by Crippen LogP contribution is -2.31. The number of benzene rings is 1. The van der Waals surface area contributed by atoms with Crippen LogP contribution in [-0.2, 0) is 0 Å². The number of thioether (sulfide) groups is 1. The van der Waals surface area contributed by atoms with E-state index in [-0.39, 0.29) is 0 Å². The maximum Gasteiger partial charge on any atom is 0.159 e. The van der Waals surface area contributed by atoms with E-state index >= 15 is 0 Å². The van der Waals surface area contributed by atoms with Gasteiger partial charge in [0.15, 0.2) is 5.17 Å². The molecule has 3 rings (SSSR count). The second-order valence-corrected chi connectivity index (χ2v) is 5.80. The minimum atomic E-state index is 0.491. The van der Waals surface area contributed by atoms with Crippen LogP contribution in [0.3, 0.4) is 0 Å². The molecule has 2 aliphatic heterocycles. The summed E-state index contributed by atoms with van der Waals surface area (Å²) in [5, 5.41) is 4.62. The summed E-state index contributed by atoms with van der Waals surface area (Å²) in [5.41, 5.74) is 8.37. The van der Waals surface area contributed by atoms with E-state index in [9.17, 15) is 0 Å². The summed E-state index contributed by atoms with van der Waals surface area (Å²) < 4.78 is 0. The summed E-state index contributed by atoms with van der Waals surface area (Å²) in [6, 6.07) is 8.40. The number of para-hydroxylation sites is 1. The normalized spacial score (nSPS) is 25.2. The van der Waals surface area contributed by atoms with Gasteiger partial charge < -0.3 is 11.1 Å². The molecule has 1 saturated heterocycles. The van der Waals surface area contributed by atoms with Gasteiger partial charge in [0.25, 0.3) is 0 Å². The van der Waals surface area contributed by atoms with Crippen LogP contribution in [0.5, 0.6) is 0 Å². The summed E-state index contributed by atoms with van der Waals surface area (Å²) in [6.07, 6.45) is 2.47. The van der Waals surface area contributed by atoms with Crippen molar-refractivity contribution in [1.29, 1.82) is 0 Å². The maximum atomic E-state index is 5.94. The summed E-state index contributed by atoms with van der Waals surface area (Å²) in [7, 11) is 0. The van der Waals surface area contributed by atoms with Crippen LogP contribution in [0.4, 0.5) is 5.69 Å². The van der Waals surface area contributed by atoms with Crippen LogP contribution in [0.1, 0.15) is 23.7 Å². The average Bonchev–Trinajstić information content (AvgIpc) is 2.39. The molecule has 1 atom stereocenters. The third-order valence-corrected chi connectivity index (χ3v) is 4.76. The highest BCUT2D eigenvalue weighted by Crippen LogP contribution is 2.46. The molecule has 3 nitrogen and oxygen atoms in total. The fraction of sp³-hybridized carbons (Fsp3) is 0.462. The van der Waals surface area contributed by atoms with Crippen molar-refractivity contribution in [3.8, 4) is 0 Å². The van der Waals surface area contributed by atoms with Crippen molar-refractivity contribution in [1.82, 2.24) is 5.32 Å². The Balaban J connectivity index is 1.93. The zero-order chi connectivity index (χ0) is 11.7. The van der Waals surface area contributed by atoms with Crippen LogP contribution in [0.25, 0.3) is 0 Å². The summed E-state index contributed by atoms with van der Waals surface area (Å²) in [6.45, 7) is 2.25. The molecule has 1 fully saturated rings. The van der Waals surface area contributed by atoms with Crippen molar-refractivity contribution in [2.75, 3.05) is 13.1 Å². The zero-order valence-electron chi connectivity index (χ0n) is 9.73. The van der Waals surface area contributed by atoms with Gasteiger partial charge in [0.1, 0.15) is 0 Å². The van der Waals surface area contributed by atoms with Gasteiger partial charge in [-0.2, -0.15) is 0 Å². The van der Waals surface area contributed by atoms with E-state index < -0.39 is 0 Å². The molecular formula is C13H17N3S. The molecule has 1 unspecified atom stereocenters. The third kappa shape index (κ3) is 2.19. The SMILES string of the molecule is NC1=Nc2ccccc2C(C2CCNCC2)S1. The lowest BCUT2D eigenvalue weighted by molar-refractivity contribution is 0.368. The Hall–Kier alpha value is -1.00. The van der Waals surface area contributed by atoms with Gasteiger partial charge in [-0.1, -0.05) is 30.0 Å². The first-order valence-corrected chi connectivity index (χ1v) is 7.03. The van der Waals surface area contributed by atoms with E-state index in [0.717, 1.165) is 24.7 Å². The van der Waals surface area contributed by atoms with E-state index in [0.29, 0.717) is 10.4 Å². The molecule has 90 valence electrons. The molecule has 0 saturated carbocycles. The van der Waals surface area contributed by atoms with E-state index in [1.54, 1.807) is 11.8 Å². The van der Waals surface area contributed by atoms with Gasteiger partial charge in [-0.3, -0.25) is 0 Å². The van der Waals surface area contributed by atoms with Crippen LogP contribution < -0.4 is 11.1 Å². The molecule has 0 amide bonds. The second kappa shape index (κ2) is 4.70. The molecule has 0 bridgehead atoms. The number of hydrogen-bond acceptors (Lipinski definition) is 4. The first kappa shape index (κ1) is 11.1. The summed E-state index contributed by atoms with van der Waals surface area (Å²) >= 11 is 1.74. The number of hydrogen-bond donors (Lipinski definition) is 2. The lowest BCUT2D eigenvalue weighted by atomic mass is 9.89. The third-order valence-electron chi connectivity index (χ3n) is 3.53. The topological polar surface area (TPSA) is 50.4 Å². The molecule has 0 aliphatic carbocycles. The van der Waals surface area contributed by atoms with E-state index in [1.807, 2.05) is 6.07 Å². The maximum absolute atomic E-state index is 5.94. The number of rotatable bonds is 1. The Labute approximate surface area is 106 Å². The Morgan fingerprint density at radius 3 is 2.82 bits per heavy atom. The molecule has 17 heavy (non-hydrogen) atoms. The lowest BCUT2D eigenvalue weighted by Gasteiger charge is -2.32. The molecule has 0 spiro atoms. The predicted octanol–water partition coefficient (Wildman–Crippen LogP) is 2.42. The fourth-order valence-corrected chi connectivity index (χ4v) is 3.87. The van der Waals surface area contributed by atoms with Crippen molar-refractivity contribution in [2.24, 2.45) is 16.6 Å². The fourth-order valence-electron chi connectivity index (χ4n) is 2.67. The quantitative estimate of drug-likeness (QED) is 0.801. The monoisotopic (exact) mass is 247 g/mol. The number of aliphatic imine (C=N–C) groups is 1. The van der Waals surface area contributed by atoms with Crippen LogP contribution >= 0.6 is 11.8 Å². The highest BCUT2D eigenvalue weighted by molar-refractivity contribution is 8.14. The molecule has 0 radical (unpaired) electrons. The van der Waals surface area contributed by atoms with Gasteiger partial charge in [0.2, 0.25) is 0 Å². The number of nitrogens with two attached hydrogens (primary N) is 1. The Bertz CT molecular complexity index is 438. The van der Waals surface area contributed by atoms with E-state index in [2.05, 4.69) is 28.5 Å². The first-order valence-electron chi connectivity index (χ1n) is 6.15. The van der Waals surface area contributed by atoms with Gasteiger partial charge >= 0.3 is 0 Å². The van der Waals surface area contributed by atoms with Crippen molar-refractivity contribution in [3.05, 3.63) is 29.8 Å². The largest absolute Gasteiger partial charge is 0.378 e. The molecule has 3 N–H and O–H groups in total. The van der Waals surface area contributed by atoms with Crippen LogP contribution in [-0.4, -0.2) is 18.3 Å². The number of amidine groups is 1. The van der Waals surface area contributed by atoms with Crippen LogP contribution in [0.2, 0.25) is 0 Å². The molecule has 0 aromatic heterocycles. The molecular weight excluding hydrogens is 230 g/mol. The van der Waals surface area contributed by atoms with Gasteiger partial charge in [-0.05, 0) is 43.5 Å². The Kier molecular flexibility index (Phi) is 3.07. The number of piperidine rings is 1. The minimum absolute atomic E-state index is 0.491. The highest BCUT2D eigenvalue weighted by atomic mass is 32.2. The van der Waals surface area contributed by atoms with E-state index in [4.69, 9.17) is 5.73 Å². The van der Waals surface area contributed by atoms with Crippen molar-refractivity contribution < 1.29 is 0 Å². The van der Waals surface area contributed by atoms with Gasteiger partial charge in [0, 0.05) is 5.25 Å². The van der Waals surface area contributed by atoms with E-state index in [1.165, 1.54) is 18.4 Å². The standard InChI is InChI=1S/C13H17N3S/c14-13-16-11-4-2-1-3-10(11)12(17-13)9-5-7-15-8-6-9/h1-4,9,12,15H,5-8H2,(H2,14,16). The minimum Gasteiger partial charge on any atom is -0.378 e. The van der Waals surface area contributed by atoms with Crippen LogP contribution in [0.15, 0.2) is 29.3 Å². The highest BCUT2D eigenvalue weighted by Gasteiger charge is 2.30. The van der Waals surface area contributed by atoms with Gasteiger partial charge in [-0.25, -0.2) is 4.99 Å². The summed E-state index contributed by atoms with van der Waals surface area (Å²) in [5.74, 6) is 0.719.